The van der Waals surface area contributed by atoms with Crippen LogP contribution in [0.15, 0.2) is 0 Å². The molecule has 0 fully saturated rings. The van der Waals surface area contributed by atoms with Crippen LogP contribution < -0.4 is 29.6 Å². The van der Waals surface area contributed by atoms with Gasteiger partial charge in [0.15, 0.2) is 0 Å². The molecule has 0 aromatic rings. The monoisotopic (exact) mass is 685 g/mol. The van der Waals surface area contributed by atoms with Gasteiger partial charge in [-0.2, -0.15) is 0 Å². The Hall–Kier alpha value is 0.830. The van der Waals surface area contributed by atoms with Crippen LogP contribution in [-0.2, 0) is 14.9 Å². The summed E-state index contributed by atoms with van der Waals surface area (Å²) in [5.41, 5.74) is 0. The van der Waals surface area contributed by atoms with Crippen LogP contribution in [0.25, 0.3) is 0 Å². The Kier molecular flexibility index (Phi) is 51.0. The van der Waals surface area contributed by atoms with E-state index < -0.39 is 15.9 Å². The van der Waals surface area contributed by atoms with Gasteiger partial charge < -0.3 is 14.4 Å². The van der Waals surface area contributed by atoms with Crippen LogP contribution >= 0.6 is 0 Å². The first-order valence-electron chi connectivity index (χ1n) is 20.1. The Balaban J connectivity index is -0.00000180. The van der Waals surface area contributed by atoms with Gasteiger partial charge in [-0.25, -0.2) is 8.42 Å². The first kappa shape index (κ1) is 51.2. The Bertz CT molecular complexity index is 584. The molecule has 0 aromatic heterocycles. The van der Waals surface area contributed by atoms with Crippen LogP contribution in [0.1, 0.15) is 226 Å². The van der Waals surface area contributed by atoms with Crippen molar-refractivity contribution in [3.63, 3.8) is 0 Å². The minimum Gasteiger partial charge on any atom is -0.748 e. The van der Waals surface area contributed by atoms with Gasteiger partial charge in [-0.05, 0) is 19.3 Å². The van der Waals surface area contributed by atoms with E-state index in [1.54, 1.807) is 0 Å². The van der Waals surface area contributed by atoms with E-state index >= 15 is 0 Å². The summed E-state index contributed by atoms with van der Waals surface area (Å²) in [6, 6.07) is 0. The molecule has 0 unspecified atom stereocenters. The topological polar surface area (TPSA) is 86.7 Å². The van der Waals surface area contributed by atoms with Crippen LogP contribution in [0, 0.1) is 0 Å². The van der Waals surface area contributed by atoms with Crippen LogP contribution in [0.3, 0.4) is 0 Å². The van der Waals surface area contributed by atoms with Crippen LogP contribution in [-0.4, -0.2) is 43.7 Å². The molecule has 0 saturated heterocycles. The molecule has 0 aliphatic carbocycles. The zero-order valence-electron chi connectivity index (χ0n) is 31.7. The molecule has 0 bridgehead atoms. The van der Waals surface area contributed by atoms with Gasteiger partial charge in [0.25, 0.3) is 0 Å². The predicted octanol–water partition coefficient (Wildman–Crippen LogP) is 9.44. The van der Waals surface area contributed by atoms with Gasteiger partial charge in [0, 0.05) is 25.6 Å². The Morgan fingerprint density at radius 2 is 0.630 bits per heavy atom. The van der Waals surface area contributed by atoms with Crippen LogP contribution in [0.2, 0.25) is 0 Å². The van der Waals surface area contributed by atoms with Crippen molar-refractivity contribution < 1.29 is 52.4 Å². The Morgan fingerprint density at radius 1 is 0.413 bits per heavy atom. The molecule has 0 rings (SSSR count). The second-order valence-electron chi connectivity index (χ2n) is 13.6. The molecule has 1 N–H and O–H groups in total. The van der Waals surface area contributed by atoms with Gasteiger partial charge in [0.05, 0.1) is 10.1 Å². The van der Waals surface area contributed by atoms with Gasteiger partial charge in [0.1, 0.15) is 0 Å². The number of aliphatic hydroxyl groups is 1. The molecule has 274 valence electrons. The average Bonchev–Trinajstić information content (AvgIpc) is 3.02. The van der Waals surface area contributed by atoms with Crippen molar-refractivity contribution in [3.8, 4) is 0 Å². The summed E-state index contributed by atoms with van der Waals surface area (Å²) in [5, 5.41) is 8.03. The second-order valence-corrected chi connectivity index (χ2v) is 15.1. The summed E-state index contributed by atoms with van der Waals surface area (Å²) in [5.74, 6) is -0.469. The molecule has 7 heteroatoms. The maximum absolute atomic E-state index is 9.72. The van der Waals surface area contributed by atoms with E-state index in [-0.39, 0.29) is 42.6 Å². The van der Waals surface area contributed by atoms with Gasteiger partial charge >= 0.3 is 29.6 Å². The first-order chi connectivity index (χ1) is 22.0. The maximum atomic E-state index is 9.72. The summed E-state index contributed by atoms with van der Waals surface area (Å²) in [4.78, 5) is 0. The van der Waals surface area contributed by atoms with E-state index in [0.717, 1.165) is 13.2 Å². The molecule has 46 heavy (non-hydrogen) atoms. The van der Waals surface area contributed by atoms with E-state index in [2.05, 4.69) is 13.8 Å². The predicted molar refractivity (Wildman–Crippen MR) is 196 cm³/mol. The molecule has 0 aromatic carbocycles. The van der Waals surface area contributed by atoms with Crippen molar-refractivity contribution in [2.24, 2.45) is 0 Å². The van der Waals surface area contributed by atoms with Crippen molar-refractivity contribution in [1.82, 2.24) is 0 Å². The summed E-state index contributed by atoms with van der Waals surface area (Å²) in [7, 11) is -4.10. The summed E-state index contributed by atoms with van der Waals surface area (Å²) in [6.07, 6.45) is 46.1. The summed E-state index contributed by atoms with van der Waals surface area (Å²) >= 11 is 0. The molecular weight excluding hydrogens is 603 g/mol. The Labute approximate surface area is 312 Å². The van der Waals surface area contributed by atoms with E-state index in [4.69, 9.17) is 9.84 Å². The number of rotatable bonds is 37. The van der Waals surface area contributed by atoms with Crippen molar-refractivity contribution in [3.05, 3.63) is 0 Å². The zero-order chi connectivity index (χ0) is 33.4. The van der Waals surface area contributed by atoms with Crippen molar-refractivity contribution in [2.75, 3.05) is 25.6 Å². The fourth-order valence-electron chi connectivity index (χ4n) is 5.85. The molecule has 0 heterocycles. The molecular formula is C39H81NaO5S. The Morgan fingerprint density at radius 3 is 0.804 bits per heavy atom. The van der Waals surface area contributed by atoms with Gasteiger partial charge in [-0.1, -0.05) is 206 Å². The minimum absolute atomic E-state index is 0. The summed E-state index contributed by atoms with van der Waals surface area (Å²) in [6.45, 7) is 6.35. The summed E-state index contributed by atoms with van der Waals surface area (Å²) < 4.78 is 35.0. The van der Waals surface area contributed by atoms with Crippen molar-refractivity contribution in [2.45, 2.75) is 226 Å². The zero-order valence-corrected chi connectivity index (χ0v) is 34.5. The average molecular weight is 685 g/mol. The maximum Gasteiger partial charge on any atom is 1.00 e. The fourth-order valence-corrected chi connectivity index (χ4v) is 6.33. The van der Waals surface area contributed by atoms with Crippen molar-refractivity contribution >= 4 is 10.1 Å². The SMILES string of the molecule is CCCCCCCCCCCCCCCCCCOCCCCCCCCCCCCCCCCCC.O=S(=O)([O-])CCCO.[Na+]. The van der Waals surface area contributed by atoms with E-state index in [0.29, 0.717) is 0 Å². The van der Waals surface area contributed by atoms with Gasteiger partial charge in [-0.3, -0.25) is 0 Å². The fraction of sp³-hybridized carbons (Fsp3) is 1.00. The molecule has 0 aliphatic heterocycles. The number of hydrogen-bond donors (Lipinski definition) is 1. The normalized spacial score (nSPS) is 11.3. The van der Waals surface area contributed by atoms with Crippen LogP contribution in [0.4, 0.5) is 0 Å². The quantitative estimate of drug-likeness (QED) is 0.0400. The van der Waals surface area contributed by atoms with E-state index in [1.165, 1.54) is 205 Å². The molecule has 0 saturated carbocycles. The second kappa shape index (κ2) is 45.8. The number of aliphatic hydroxyl groups excluding tert-OH is 1. The third-order valence-electron chi connectivity index (χ3n) is 8.84. The van der Waals surface area contributed by atoms with Crippen LogP contribution in [0.5, 0.6) is 0 Å². The molecule has 0 spiro atoms. The number of hydrogen-bond acceptors (Lipinski definition) is 5. The third kappa shape index (κ3) is 54.3. The standard InChI is InChI=1S/C36H74O.C3H8O4S.Na/c1-3-5-7-9-11-13-15-17-19-21-23-25-27-29-31-33-35-37-36-34-32-30-28-26-24-22-20-18-16-14-12-10-8-6-4-2;4-2-1-3-8(5,6)7;/h3-36H2,1-2H3;4H,1-3H2,(H,5,6,7);/q;;+1/p-1. The number of ether oxygens (including phenoxy) is 1. The van der Waals surface area contributed by atoms with E-state index in [9.17, 15) is 13.0 Å². The largest absolute Gasteiger partial charge is 1.00 e. The third-order valence-corrected chi connectivity index (χ3v) is 9.63. The molecule has 0 amide bonds. The van der Waals surface area contributed by atoms with Gasteiger partial charge in [0.2, 0.25) is 0 Å². The first-order valence-corrected chi connectivity index (χ1v) is 21.7. The minimum atomic E-state index is -4.10. The molecule has 0 atom stereocenters. The smallest absolute Gasteiger partial charge is 0.748 e. The molecule has 5 nitrogen and oxygen atoms in total. The number of unbranched alkanes of at least 4 members (excludes halogenated alkanes) is 30. The van der Waals surface area contributed by atoms with Gasteiger partial charge in [-0.15, -0.1) is 0 Å². The molecule has 0 aliphatic rings. The van der Waals surface area contributed by atoms with Crippen molar-refractivity contribution in [1.29, 1.82) is 0 Å². The molecule has 0 radical (unpaired) electrons. The van der Waals surface area contributed by atoms with E-state index in [1.807, 2.05) is 0 Å².